The lowest BCUT2D eigenvalue weighted by Gasteiger charge is -2.26. The number of rotatable bonds is 2. The van der Waals surface area contributed by atoms with Gasteiger partial charge in [-0.15, -0.1) is 12.6 Å². The molecule has 0 bridgehead atoms. The minimum atomic E-state index is -0.141. The number of nitrogens with one attached hydrogen (secondary N) is 1. The fourth-order valence-corrected chi connectivity index (χ4v) is 3.23. The van der Waals surface area contributed by atoms with Crippen LogP contribution in [0.2, 0.25) is 5.02 Å². The first-order valence-electron chi connectivity index (χ1n) is 7.02. The van der Waals surface area contributed by atoms with Gasteiger partial charge in [0.2, 0.25) is 0 Å². The Morgan fingerprint density at radius 1 is 1.24 bits per heavy atom. The van der Waals surface area contributed by atoms with E-state index in [1.54, 1.807) is 18.2 Å². The molecule has 1 N–H and O–H groups in total. The maximum Gasteiger partial charge on any atom is 0.253 e. The number of aryl methyl sites for hydroxylation is 1. The molecule has 2 nitrogen and oxygen atoms in total. The molecular formula is C17H16ClNOS. The molecule has 1 atom stereocenters. The summed E-state index contributed by atoms with van der Waals surface area (Å²) in [5, 5.41) is 3.56. The molecule has 0 heterocycles. The van der Waals surface area contributed by atoms with Gasteiger partial charge in [-0.05, 0) is 48.6 Å². The van der Waals surface area contributed by atoms with E-state index in [2.05, 4.69) is 30.1 Å². The van der Waals surface area contributed by atoms with Crippen LogP contribution in [0.1, 0.15) is 40.4 Å². The molecule has 2 aromatic rings. The van der Waals surface area contributed by atoms with E-state index in [-0.39, 0.29) is 11.9 Å². The monoisotopic (exact) mass is 317 g/mol. The zero-order chi connectivity index (χ0) is 14.8. The third-order valence-electron chi connectivity index (χ3n) is 3.87. The van der Waals surface area contributed by atoms with Crippen molar-refractivity contribution in [3.8, 4) is 0 Å². The summed E-state index contributed by atoms with van der Waals surface area (Å²) in [6.07, 6.45) is 3.12. The Morgan fingerprint density at radius 3 is 2.90 bits per heavy atom. The van der Waals surface area contributed by atoms with E-state index in [9.17, 15) is 4.79 Å². The zero-order valence-electron chi connectivity index (χ0n) is 11.5. The highest BCUT2D eigenvalue weighted by Crippen LogP contribution is 2.30. The quantitative estimate of drug-likeness (QED) is 0.788. The Hall–Kier alpha value is -1.45. The predicted octanol–water partition coefficient (Wildman–Crippen LogP) is 4.44. The largest absolute Gasteiger partial charge is 0.345 e. The van der Waals surface area contributed by atoms with E-state index in [4.69, 9.17) is 11.6 Å². The second kappa shape index (κ2) is 6.12. The van der Waals surface area contributed by atoms with Crippen LogP contribution in [0.3, 0.4) is 0 Å². The number of amides is 1. The molecule has 0 aliphatic heterocycles. The summed E-state index contributed by atoms with van der Waals surface area (Å²) in [6.45, 7) is 0. The molecule has 4 heteroatoms. The summed E-state index contributed by atoms with van der Waals surface area (Å²) in [5.41, 5.74) is 3.02. The van der Waals surface area contributed by atoms with Gasteiger partial charge in [0.15, 0.2) is 0 Å². The van der Waals surface area contributed by atoms with Gasteiger partial charge in [0.05, 0.1) is 16.6 Å². The minimum absolute atomic E-state index is 0.0575. The summed E-state index contributed by atoms with van der Waals surface area (Å²) < 4.78 is 0. The third kappa shape index (κ3) is 3.09. The first-order valence-corrected chi connectivity index (χ1v) is 7.85. The Balaban J connectivity index is 1.84. The van der Waals surface area contributed by atoms with Crippen LogP contribution in [0.15, 0.2) is 47.4 Å². The number of halogens is 1. The normalized spacial score (nSPS) is 17.1. The lowest BCUT2D eigenvalue weighted by Crippen LogP contribution is -2.31. The van der Waals surface area contributed by atoms with Crippen LogP contribution in [-0.4, -0.2) is 5.91 Å². The van der Waals surface area contributed by atoms with E-state index in [0.29, 0.717) is 10.6 Å². The number of fused-ring (bicyclic) bond motifs is 1. The number of benzene rings is 2. The van der Waals surface area contributed by atoms with Gasteiger partial charge in [-0.25, -0.2) is 0 Å². The molecule has 0 aromatic heterocycles. The van der Waals surface area contributed by atoms with Gasteiger partial charge in [-0.1, -0.05) is 35.9 Å². The van der Waals surface area contributed by atoms with Crippen molar-refractivity contribution in [1.82, 2.24) is 5.32 Å². The topological polar surface area (TPSA) is 29.1 Å². The second-order valence-electron chi connectivity index (χ2n) is 5.28. The van der Waals surface area contributed by atoms with Crippen molar-refractivity contribution in [3.63, 3.8) is 0 Å². The lowest BCUT2D eigenvalue weighted by molar-refractivity contribution is 0.0932. The average molecular weight is 318 g/mol. The zero-order valence-corrected chi connectivity index (χ0v) is 13.1. The summed E-state index contributed by atoms with van der Waals surface area (Å²) in [6, 6.07) is 13.5. The first-order chi connectivity index (χ1) is 10.1. The van der Waals surface area contributed by atoms with E-state index in [1.807, 2.05) is 12.1 Å². The van der Waals surface area contributed by atoms with Gasteiger partial charge in [-0.3, -0.25) is 4.79 Å². The van der Waals surface area contributed by atoms with Gasteiger partial charge >= 0.3 is 0 Å². The Morgan fingerprint density at radius 2 is 2.05 bits per heavy atom. The minimum Gasteiger partial charge on any atom is -0.345 e. The van der Waals surface area contributed by atoms with Crippen molar-refractivity contribution < 1.29 is 4.79 Å². The van der Waals surface area contributed by atoms with Crippen molar-refractivity contribution in [2.24, 2.45) is 0 Å². The Kier molecular flexibility index (Phi) is 4.22. The molecule has 1 amide bonds. The SMILES string of the molecule is O=C(NC1CCCc2ccccc21)c1cc(S)ccc1Cl. The summed E-state index contributed by atoms with van der Waals surface area (Å²) in [7, 11) is 0. The van der Waals surface area contributed by atoms with Crippen molar-refractivity contribution in [2.45, 2.75) is 30.2 Å². The van der Waals surface area contributed by atoms with Crippen molar-refractivity contribution >= 4 is 30.1 Å². The smallest absolute Gasteiger partial charge is 0.253 e. The van der Waals surface area contributed by atoms with Crippen LogP contribution in [0.5, 0.6) is 0 Å². The molecule has 0 saturated heterocycles. The molecule has 1 aliphatic carbocycles. The van der Waals surface area contributed by atoms with Crippen LogP contribution in [0, 0.1) is 0 Å². The molecule has 108 valence electrons. The molecule has 3 rings (SSSR count). The Labute approximate surface area is 134 Å². The van der Waals surface area contributed by atoms with Crippen LogP contribution in [0.4, 0.5) is 0 Å². The molecule has 0 saturated carbocycles. The fraction of sp³-hybridized carbons (Fsp3) is 0.235. The van der Waals surface area contributed by atoms with E-state index in [1.165, 1.54) is 11.1 Å². The molecule has 0 radical (unpaired) electrons. The number of hydrogen-bond acceptors (Lipinski definition) is 2. The van der Waals surface area contributed by atoms with E-state index < -0.39 is 0 Å². The van der Waals surface area contributed by atoms with E-state index >= 15 is 0 Å². The van der Waals surface area contributed by atoms with Crippen molar-refractivity contribution in [1.29, 1.82) is 0 Å². The molecule has 0 fully saturated rings. The predicted molar refractivity (Wildman–Crippen MR) is 88.3 cm³/mol. The van der Waals surface area contributed by atoms with Crippen molar-refractivity contribution in [2.75, 3.05) is 0 Å². The van der Waals surface area contributed by atoms with Gasteiger partial charge < -0.3 is 5.32 Å². The van der Waals surface area contributed by atoms with E-state index in [0.717, 1.165) is 24.2 Å². The Bertz CT molecular complexity index is 686. The van der Waals surface area contributed by atoms with Crippen LogP contribution in [0.25, 0.3) is 0 Å². The van der Waals surface area contributed by atoms with Gasteiger partial charge in [0.1, 0.15) is 0 Å². The summed E-state index contributed by atoms with van der Waals surface area (Å²) in [5.74, 6) is -0.141. The lowest BCUT2D eigenvalue weighted by atomic mass is 9.87. The molecule has 1 aliphatic rings. The maximum atomic E-state index is 12.5. The van der Waals surface area contributed by atoms with Crippen LogP contribution >= 0.6 is 24.2 Å². The first kappa shape index (κ1) is 14.5. The second-order valence-corrected chi connectivity index (χ2v) is 6.20. The highest BCUT2D eigenvalue weighted by molar-refractivity contribution is 7.80. The van der Waals surface area contributed by atoms with Gasteiger partial charge in [0, 0.05) is 4.90 Å². The molecule has 21 heavy (non-hydrogen) atoms. The van der Waals surface area contributed by atoms with Crippen LogP contribution in [-0.2, 0) is 6.42 Å². The summed E-state index contributed by atoms with van der Waals surface area (Å²) in [4.78, 5) is 13.2. The van der Waals surface area contributed by atoms with Gasteiger partial charge in [0.25, 0.3) is 5.91 Å². The third-order valence-corrected chi connectivity index (χ3v) is 4.48. The highest BCUT2D eigenvalue weighted by Gasteiger charge is 2.22. The maximum absolute atomic E-state index is 12.5. The van der Waals surface area contributed by atoms with Crippen LogP contribution < -0.4 is 5.32 Å². The highest BCUT2D eigenvalue weighted by atomic mass is 35.5. The molecule has 1 unspecified atom stereocenters. The number of carbonyl (C=O) groups excluding carboxylic acids is 1. The number of thiol groups is 1. The van der Waals surface area contributed by atoms with Gasteiger partial charge in [-0.2, -0.15) is 0 Å². The molecule has 2 aromatic carbocycles. The summed E-state index contributed by atoms with van der Waals surface area (Å²) >= 11 is 10.4. The standard InChI is InChI=1S/C17H16ClNOS/c18-15-9-8-12(21)10-14(15)17(20)19-16-7-3-5-11-4-1-2-6-13(11)16/h1-2,4,6,8-10,16,21H,3,5,7H2,(H,19,20). The average Bonchev–Trinajstić information content (AvgIpc) is 2.50. The number of carbonyl (C=O) groups is 1. The molecule has 0 spiro atoms. The number of hydrogen-bond donors (Lipinski definition) is 2. The fourth-order valence-electron chi connectivity index (χ4n) is 2.83. The molecular weight excluding hydrogens is 302 g/mol. The van der Waals surface area contributed by atoms with Crippen molar-refractivity contribution in [3.05, 3.63) is 64.2 Å².